The van der Waals surface area contributed by atoms with Crippen LogP contribution < -0.4 is 15.6 Å². The van der Waals surface area contributed by atoms with Crippen LogP contribution >= 0.6 is 0 Å². The van der Waals surface area contributed by atoms with Gasteiger partial charge in [0.25, 0.3) is 11.5 Å². The molecule has 3 heterocycles. The van der Waals surface area contributed by atoms with Crippen LogP contribution in [0.5, 0.6) is 5.75 Å². The molecule has 166 valence electrons. The number of nitrogens with zero attached hydrogens (tertiary/aromatic N) is 3. The van der Waals surface area contributed by atoms with Crippen LogP contribution in [0.1, 0.15) is 17.3 Å². The molecule has 8 heteroatoms. The maximum Gasteiger partial charge on any atom is 0.276 e. The number of ether oxygens (including phenoxy) is 1. The Morgan fingerprint density at radius 1 is 1.12 bits per heavy atom. The molecule has 0 saturated heterocycles. The van der Waals surface area contributed by atoms with Gasteiger partial charge in [-0.25, -0.2) is 4.52 Å². The summed E-state index contributed by atoms with van der Waals surface area (Å²) >= 11 is 0. The Morgan fingerprint density at radius 2 is 1.97 bits per heavy atom. The van der Waals surface area contributed by atoms with E-state index >= 15 is 0 Å². The Balaban J connectivity index is 1.31. The Morgan fingerprint density at radius 3 is 2.79 bits per heavy atom. The number of fused-ring (bicyclic) bond motifs is 2. The summed E-state index contributed by atoms with van der Waals surface area (Å²) in [5.41, 5.74) is 3.44. The van der Waals surface area contributed by atoms with Crippen molar-refractivity contribution in [3.63, 3.8) is 0 Å². The van der Waals surface area contributed by atoms with Crippen molar-refractivity contribution in [1.29, 1.82) is 0 Å². The number of hydrogen-bond acceptors (Lipinski definition) is 4. The molecule has 8 nitrogen and oxygen atoms in total. The van der Waals surface area contributed by atoms with Crippen LogP contribution in [0.2, 0.25) is 0 Å². The molecule has 5 aromatic rings. The number of amides is 1. The summed E-state index contributed by atoms with van der Waals surface area (Å²) in [5, 5.41) is 8.30. The Bertz CT molecular complexity index is 1490. The molecule has 0 spiro atoms. The van der Waals surface area contributed by atoms with Gasteiger partial charge < -0.3 is 19.6 Å². The van der Waals surface area contributed by atoms with Gasteiger partial charge in [-0.3, -0.25) is 9.59 Å². The maximum atomic E-state index is 13.0. The lowest BCUT2D eigenvalue weighted by Gasteiger charge is -2.08. The number of rotatable bonds is 7. The van der Waals surface area contributed by atoms with E-state index in [4.69, 9.17) is 4.74 Å². The summed E-state index contributed by atoms with van der Waals surface area (Å²) in [6, 6.07) is 16.8. The first-order valence-electron chi connectivity index (χ1n) is 10.8. The summed E-state index contributed by atoms with van der Waals surface area (Å²) in [5.74, 6) is 0.624. The van der Waals surface area contributed by atoms with Crippen molar-refractivity contribution in [2.45, 2.75) is 13.5 Å². The van der Waals surface area contributed by atoms with Crippen molar-refractivity contribution in [3.05, 3.63) is 89.1 Å². The van der Waals surface area contributed by atoms with Crippen LogP contribution in [-0.4, -0.2) is 38.2 Å². The van der Waals surface area contributed by atoms with E-state index < -0.39 is 0 Å². The minimum atomic E-state index is -0.170. The number of aromatic nitrogens is 4. The van der Waals surface area contributed by atoms with Gasteiger partial charge in [-0.2, -0.15) is 5.10 Å². The average Bonchev–Trinajstić information content (AvgIpc) is 3.48. The number of hydrogen-bond donors (Lipinski definition) is 2. The van der Waals surface area contributed by atoms with E-state index in [2.05, 4.69) is 15.4 Å². The molecule has 1 amide bonds. The molecule has 2 aromatic carbocycles. The monoisotopic (exact) mass is 441 g/mol. The quantitative estimate of drug-likeness (QED) is 0.404. The van der Waals surface area contributed by atoms with Gasteiger partial charge in [0.2, 0.25) is 0 Å². The molecular weight excluding hydrogens is 418 g/mol. The third-order valence-corrected chi connectivity index (χ3v) is 5.54. The van der Waals surface area contributed by atoms with E-state index in [0.717, 1.165) is 22.2 Å². The number of nitrogens with one attached hydrogen (secondary N) is 2. The van der Waals surface area contributed by atoms with Crippen molar-refractivity contribution in [1.82, 2.24) is 24.5 Å². The molecule has 0 radical (unpaired) electrons. The third-order valence-electron chi connectivity index (χ3n) is 5.54. The third kappa shape index (κ3) is 3.98. The molecule has 0 aliphatic rings. The van der Waals surface area contributed by atoms with E-state index in [1.54, 1.807) is 33.6 Å². The van der Waals surface area contributed by atoms with Crippen LogP contribution in [0, 0.1) is 0 Å². The lowest BCUT2D eigenvalue weighted by molar-refractivity contribution is 0.0954. The minimum Gasteiger partial charge on any atom is -0.494 e. The van der Waals surface area contributed by atoms with Gasteiger partial charge >= 0.3 is 0 Å². The largest absolute Gasteiger partial charge is 0.494 e. The lowest BCUT2D eigenvalue weighted by atomic mass is 10.1. The smallest absolute Gasteiger partial charge is 0.276 e. The highest BCUT2D eigenvalue weighted by atomic mass is 16.5. The second kappa shape index (κ2) is 8.66. The van der Waals surface area contributed by atoms with Gasteiger partial charge in [-0.05, 0) is 55.5 Å². The zero-order chi connectivity index (χ0) is 22.8. The molecule has 0 fully saturated rings. The van der Waals surface area contributed by atoms with Crippen molar-refractivity contribution in [3.8, 4) is 17.0 Å². The van der Waals surface area contributed by atoms with E-state index in [1.807, 2.05) is 55.6 Å². The van der Waals surface area contributed by atoms with Crippen LogP contribution in [-0.2, 0) is 6.54 Å². The summed E-state index contributed by atoms with van der Waals surface area (Å²) in [7, 11) is 0. The Hall–Kier alpha value is -4.33. The molecule has 0 aliphatic heterocycles. The standard InChI is InChI=1S/C25H23N5O3/c1-2-33-18-8-6-17(7-9-18)22-16-23-25(32)29(14-15-30(23)28-22)13-12-27-24(31)20-4-3-5-21-19(20)10-11-26-21/h3-11,14-16,26H,2,12-13H2,1H3,(H,27,31). The number of carbonyl (C=O) groups is 1. The highest BCUT2D eigenvalue weighted by molar-refractivity contribution is 6.06. The Kier molecular flexibility index (Phi) is 5.40. The molecule has 33 heavy (non-hydrogen) atoms. The van der Waals surface area contributed by atoms with Crippen LogP contribution in [0.3, 0.4) is 0 Å². The molecule has 5 rings (SSSR count). The highest BCUT2D eigenvalue weighted by Crippen LogP contribution is 2.22. The molecular formula is C25H23N5O3. The molecule has 0 bridgehead atoms. The van der Waals surface area contributed by atoms with Crippen LogP contribution in [0.4, 0.5) is 0 Å². The normalized spacial score (nSPS) is 11.2. The van der Waals surface area contributed by atoms with Crippen molar-refractivity contribution in [2.24, 2.45) is 0 Å². The fraction of sp³-hybridized carbons (Fsp3) is 0.160. The molecule has 0 saturated carbocycles. The number of aromatic amines is 1. The minimum absolute atomic E-state index is 0.163. The van der Waals surface area contributed by atoms with Gasteiger partial charge in [-0.15, -0.1) is 0 Å². The number of benzene rings is 2. The van der Waals surface area contributed by atoms with Gasteiger partial charge in [0.1, 0.15) is 11.3 Å². The van der Waals surface area contributed by atoms with Crippen molar-refractivity contribution < 1.29 is 9.53 Å². The average molecular weight is 441 g/mol. The lowest BCUT2D eigenvalue weighted by Crippen LogP contribution is -2.31. The van der Waals surface area contributed by atoms with Crippen LogP contribution in [0.25, 0.3) is 27.7 Å². The van der Waals surface area contributed by atoms with Gasteiger partial charge in [0.05, 0.1) is 12.3 Å². The predicted octanol–water partition coefficient (Wildman–Crippen LogP) is 3.47. The first kappa shape index (κ1) is 20.6. The van der Waals surface area contributed by atoms with E-state index in [0.29, 0.717) is 36.5 Å². The summed E-state index contributed by atoms with van der Waals surface area (Å²) in [4.78, 5) is 28.7. The first-order valence-corrected chi connectivity index (χ1v) is 10.8. The van der Waals surface area contributed by atoms with E-state index in [9.17, 15) is 9.59 Å². The Labute approximate surface area is 189 Å². The van der Waals surface area contributed by atoms with Gasteiger partial charge in [0.15, 0.2) is 0 Å². The second-order valence-corrected chi connectivity index (χ2v) is 7.61. The zero-order valence-corrected chi connectivity index (χ0v) is 18.1. The molecule has 0 unspecified atom stereocenters. The second-order valence-electron chi connectivity index (χ2n) is 7.61. The maximum absolute atomic E-state index is 13.0. The fourth-order valence-electron chi connectivity index (χ4n) is 3.90. The van der Waals surface area contributed by atoms with Crippen LogP contribution in [0.15, 0.2) is 78.0 Å². The van der Waals surface area contributed by atoms with Gasteiger partial charge in [0, 0.05) is 53.7 Å². The van der Waals surface area contributed by atoms with Gasteiger partial charge in [-0.1, -0.05) is 6.07 Å². The summed E-state index contributed by atoms with van der Waals surface area (Å²) < 4.78 is 8.64. The molecule has 2 N–H and O–H groups in total. The van der Waals surface area contributed by atoms with E-state index in [1.165, 1.54) is 0 Å². The first-order chi connectivity index (χ1) is 16.1. The molecule has 3 aromatic heterocycles. The number of H-pyrrole nitrogens is 1. The zero-order valence-electron chi connectivity index (χ0n) is 18.1. The molecule has 0 atom stereocenters. The fourth-order valence-corrected chi connectivity index (χ4v) is 3.90. The molecule has 0 aliphatic carbocycles. The van der Waals surface area contributed by atoms with E-state index in [-0.39, 0.29) is 11.5 Å². The SMILES string of the molecule is CCOc1ccc(-c2cc3c(=O)n(CCNC(=O)c4cccc5[nH]ccc45)ccn3n2)cc1. The summed E-state index contributed by atoms with van der Waals surface area (Å²) in [6.07, 6.45) is 5.24. The highest BCUT2D eigenvalue weighted by Gasteiger charge is 2.12. The van der Waals surface area contributed by atoms with Crippen molar-refractivity contribution >= 4 is 22.3 Å². The summed E-state index contributed by atoms with van der Waals surface area (Å²) in [6.45, 7) is 3.23. The predicted molar refractivity (Wildman–Crippen MR) is 127 cm³/mol. The van der Waals surface area contributed by atoms with Crippen molar-refractivity contribution in [2.75, 3.05) is 13.2 Å². The topological polar surface area (TPSA) is 93.4 Å². The number of carbonyl (C=O) groups excluding carboxylic acids is 1.